The van der Waals surface area contributed by atoms with Gasteiger partial charge in [-0.3, -0.25) is 9.59 Å². The van der Waals surface area contributed by atoms with E-state index in [1.54, 1.807) is 24.3 Å². The van der Waals surface area contributed by atoms with Gasteiger partial charge >= 0.3 is 0 Å². The normalized spacial score (nSPS) is 22.4. The smallest absolute Gasteiger partial charge is 0.238 e. The first-order chi connectivity index (χ1) is 13.0. The first kappa shape index (κ1) is 16.7. The molecule has 1 amide bonds. The van der Waals surface area contributed by atoms with E-state index in [-0.39, 0.29) is 17.8 Å². The van der Waals surface area contributed by atoms with Crippen LogP contribution in [0.1, 0.15) is 17.5 Å². The molecule has 0 radical (unpaired) electrons. The SMILES string of the molecule is N#CC1(C#N)C(c2ccc(F)cc2)=CC(=O)C[C@]12C(=O)Nc1ccccc12. The average Bonchev–Trinajstić information content (AvgIpc) is 2.95. The van der Waals surface area contributed by atoms with Crippen LogP contribution in [-0.2, 0) is 15.0 Å². The highest BCUT2D eigenvalue weighted by molar-refractivity contribution is 6.16. The molecule has 1 heterocycles. The van der Waals surface area contributed by atoms with Gasteiger partial charge in [-0.05, 0) is 41.0 Å². The van der Waals surface area contributed by atoms with Crippen LogP contribution in [0.3, 0.4) is 0 Å². The zero-order valence-corrected chi connectivity index (χ0v) is 14.0. The van der Waals surface area contributed by atoms with Gasteiger partial charge in [0.15, 0.2) is 11.2 Å². The predicted octanol–water partition coefficient (Wildman–Crippen LogP) is 3.11. The van der Waals surface area contributed by atoms with Gasteiger partial charge in [0, 0.05) is 12.1 Å². The Kier molecular flexibility index (Phi) is 3.47. The molecule has 0 saturated heterocycles. The average molecular weight is 357 g/mol. The Morgan fingerprint density at radius 3 is 2.33 bits per heavy atom. The Bertz CT molecular complexity index is 1090. The van der Waals surface area contributed by atoms with Crippen molar-refractivity contribution in [2.75, 3.05) is 5.32 Å². The number of carbonyl (C=O) groups excluding carboxylic acids is 2. The van der Waals surface area contributed by atoms with Crippen LogP contribution < -0.4 is 5.32 Å². The van der Waals surface area contributed by atoms with Crippen LogP contribution in [0.2, 0.25) is 0 Å². The number of anilines is 1. The number of hydrogen-bond acceptors (Lipinski definition) is 4. The summed E-state index contributed by atoms with van der Waals surface area (Å²) in [4.78, 5) is 25.7. The van der Waals surface area contributed by atoms with E-state index in [4.69, 9.17) is 0 Å². The van der Waals surface area contributed by atoms with Gasteiger partial charge in [-0.1, -0.05) is 30.3 Å². The van der Waals surface area contributed by atoms with Crippen molar-refractivity contribution in [1.82, 2.24) is 0 Å². The Hall–Kier alpha value is -3.77. The number of amides is 1. The number of rotatable bonds is 1. The maximum atomic E-state index is 13.4. The zero-order chi connectivity index (χ0) is 19.2. The Labute approximate surface area is 154 Å². The van der Waals surface area contributed by atoms with Gasteiger partial charge in [-0.25, -0.2) is 4.39 Å². The molecular formula is C21H12FN3O2. The van der Waals surface area contributed by atoms with E-state index in [1.165, 1.54) is 30.3 Å². The van der Waals surface area contributed by atoms with Crippen molar-refractivity contribution >= 4 is 23.0 Å². The van der Waals surface area contributed by atoms with Crippen LogP contribution in [0.15, 0.2) is 54.6 Å². The highest BCUT2D eigenvalue weighted by Crippen LogP contribution is 2.58. The molecule has 2 aromatic rings. The number of nitriles is 2. The number of halogens is 1. The Balaban J connectivity index is 2.06. The molecule has 1 spiro atoms. The minimum absolute atomic E-state index is 0.107. The fourth-order valence-electron chi connectivity index (χ4n) is 4.07. The molecule has 2 aliphatic rings. The number of carbonyl (C=O) groups is 2. The summed E-state index contributed by atoms with van der Waals surface area (Å²) in [7, 11) is 0. The van der Waals surface area contributed by atoms with E-state index in [0.29, 0.717) is 16.8 Å². The maximum absolute atomic E-state index is 13.4. The van der Waals surface area contributed by atoms with Crippen LogP contribution in [0, 0.1) is 33.9 Å². The summed E-state index contributed by atoms with van der Waals surface area (Å²) < 4.78 is 13.4. The molecule has 1 N–H and O–H groups in total. The number of ketones is 1. The van der Waals surface area contributed by atoms with Crippen molar-refractivity contribution in [3.63, 3.8) is 0 Å². The van der Waals surface area contributed by atoms with E-state index in [2.05, 4.69) is 5.32 Å². The molecule has 130 valence electrons. The summed E-state index contributed by atoms with van der Waals surface area (Å²) in [6, 6.07) is 15.9. The lowest BCUT2D eigenvalue weighted by Gasteiger charge is -2.41. The molecule has 0 unspecified atom stereocenters. The van der Waals surface area contributed by atoms with Gasteiger partial charge in [0.1, 0.15) is 11.2 Å². The fourth-order valence-corrected chi connectivity index (χ4v) is 4.07. The molecular weight excluding hydrogens is 345 g/mol. The lowest BCUT2D eigenvalue weighted by molar-refractivity contribution is -0.127. The molecule has 1 aliphatic heterocycles. The van der Waals surface area contributed by atoms with Crippen molar-refractivity contribution in [3.8, 4) is 12.1 Å². The minimum Gasteiger partial charge on any atom is -0.325 e. The van der Waals surface area contributed by atoms with Gasteiger partial charge < -0.3 is 5.32 Å². The zero-order valence-electron chi connectivity index (χ0n) is 14.0. The third-order valence-corrected chi connectivity index (χ3v) is 5.30. The van der Waals surface area contributed by atoms with Crippen molar-refractivity contribution in [1.29, 1.82) is 10.5 Å². The number of nitrogens with one attached hydrogen (secondary N) is 1. The molecule has 0 saturated carbocycles. The maximum Gasteiger partial charge on any atom is 0.238 e. The largest absolute Gasteiger partial charge is 0.325 e. The lowest BCUT2D eigenvalue weighted by atomic mass is 9.53. The highest BCUT2D eigenvalue weighted by atomic mass is 19.1. The van der Waals surface area contributed by atoms with Gasteiger partial charge in [0.05, 0.1) is 12.1 Å². The van der Waals surface area contributed by atoms with Gasteiger partial charge in [0.2, 0.25) is 5.91 Å². The molecule has 1 aliphatic carbocycles. The van der Waals surface area contributed by atoms with E-state index in [1.807, 2.05) is 12.1 Å². The topological polar surface area (TPSA) is 93.8 Å². The first-order valence-corrected chi connectivity index (χ1v) is 8.23. The molecule has 0 bridgehead atoms. The second kappa shape index (κ2) is 5.62. The molecule has 6 heteroatoms. The van der Waals surface area contributed by atoms with Crippen LogP contribution in [-0.4, -0.2) is 11.7 Å². The van der Waals surface area contributed by atoms with Crippen LogP contribution >= 0.6 is 0 Å². The van der Waals surface area contributed by atoms with Crippen LogP contribution in [0.4, 0.5) is 10.1 Å². The van der Waals surface area contributed by atoms with Crippen molar-refractivity contribution < 1.29 is 14.0 Å². The van der Waals surface area contributed by atoms with Crippen molar-refractivity contribution in [3.05, 3.63) is 71.6 Å². The second-order valence-corrected chi connectivity index (χ2v) is 6.59. The highest BCUT2D eigenvalue weighted by Gasteiger charge is 2.66. The third kappa shape index (κ3) is 2.01. The molecule has 2 aromatic carbocycles. The second-order valence-electron chi connectivity index (χ2n) is 6.59. The molecule has 0 fully saturated rings. The molecule has 0 aromatic heterocycles. The van der Waals surface area contributed by atoms with Crippen LogP contribution in [0.25, 0.3) is 5.57 Å². The lowest BCUT2D eigenvalue weighted by Crippen LogP contribution is -2.53. The number of benzene rings is 2. The number of allylic oxidation sites excluding steroid dienone is 2. The van der Waals surface area contributed by atoms with E-state index in [9.17, 15) is 24.5 Å². The number of para-hydroxylation sites is 1. The van der Waals surface area contributed by atoms with Gasteiger partial charge in [-0.2, -0.15) is 10.5 Å². The standard InChI is InChI=1S/C21H12FN3O2/c22-14-7-5-13(6-8-14)17-9-15(26)10-21(20(17,11-23)12-24)16-3-1-2-4-18(16)25-19(21)27/h1-9H,10H2,(H,25,27)/t21-/m0/s1. The van der Waals surface area contributed by atoms with Crippen molar-refractivity contribution in [2.45, 2.75) is 11.8 Å². The third-order valence-electron chi connectivity index (χ3n) is 5.30. The first-order valence-electron chi connectivity index (χ1n) is 8.23. The van der Waals surface area contributed by atoms with E-state index < -0.39 is 22.6 Å². The quantitative estimate of drug-likeness (QED) is 0.848. The molecule has 5 nitrogen and oxygen atoms in total. The summed E-state index contributed by atoms with van der Waals surface area (Å²) in [5, 5.41) is 22.9. The molecule has 1 atom stereocenters. The summed E-state index contributed by atoms with van der Waals surface area (Å²) in [6.45, 7) is 0. The predicted molar refractivity (Wildman–Crippen MR) is 94.4 cm³/mol. The summed E-state index contributed by atoms with van der Waals surface area (Å²) >= 11 is 0. The molecule has 4 rings (SSSR count). The van der Waals surface area contributed by atoms with Crippen molar-refractivity contribution in [2.24, 2.45) is 5.41 Å². The number of nitrogens with zero attached hydrogens (tertiary/aromatic N) is 2. The van der Waals surface area contributed by atoms with Gasteiger partial charge in [-0.15, -0.1) is 0 Å². The summed E-state index contributed by atoms with van der Waals surface area (Å²) in [5.74, 6) is -1.42. The summed E-state index contributed by atoms with van der Waals surface area (Å²) in [5.41, 5.74) is -2.22. The van der Waals surface area contributed by atoms with Crippen LogP contribution in [0.5, 0.6) is 0 Å². The minimum atomic E-state index is -1.94. The van der Waals surface area contributed by atoms with E-state index in [0.717, 1.165) is 0 Å². The summed E-state index contributed by atoms with van der Waals surface area (Å²) in [6.07, 6.45) is 0.931. The Morgan fingerprint density at radius 1 is 1.00 bits per heavy atom. The Morgan fingerprint density at radius 2 is 1.67 bits per heavy atom. The van der Waals surface area contributed by atoms with Gasteiger partial charge in [0.25, 0.3) is 0 Å². The molecule has 27 heavy (non-hydrogen) atoms. The fraction of sp³-hybridized carbons (Fsp3) is 0.143. The van der Waals surface area contributed by atoms with E-state index >= 15 is 0 Å². The monoisotopic (exact) mass is 357 g/mol. The number of hydrogen-bond donors (Lipinski definition) is 1. The number of fused-ring (bicyclic) bond motifs is 2.